The number of hydrogen-bond acceptors (Lipinski definition) is 4. The Morgan fingerprint density at radius 2 is 2.06 bits per heavy atom. The second kappa shape index (κ2) is 5.88. The topological polar surface area (TPSA) is 92.4 Å². The zero-order valence-electron chi connectivity index (χ0n) is 10.2. The molecule has 0 radical (unpaired) electrons. The van der Waals surface area contributed by atoms with Crippen molar-refractivity contribution in [3.8, 4) is 0 Å². The van der Waals surface area contributed by atoms with E-state index in [1.807, 2.05) is 13.8 Å². The van der Waals surface area contributed by atoms with E-state index in [9.17, 15) is 8.42 Å². The molecule has 1 rings (SSSR count). The average molecular weight is 293 g/mol. The summed E-state index contributed by atoms with van der Waals surface area (Å²) in [5.74, 6) is -0.0294. The van der Waals surface area contributed by atoms with Crippen molar-refractivity contribution >= 4 is 27.3 Å². The molecule has 1 atom stereocenters. The second-order valence-corrected chi connectivity index (χ2v) is 6.46. The van der Waals surface area contributed by atoms with E-state index in [-0.39, 0.29) is 23.1 Å². The predicted octanol–water partition coefficient (Wildman–Crippen LogP) is 1.22. The molecule has 5 nitrogen and oxygen atoms in total. The van der Waals surface area contributed by atoms with E-state index in [1.165, 1.54) is 18.2 Å². The Hall–Kier alpha value is -0.820. The SMILES string of the molecule is CC(C)C(CO)NS(=O)(=O)c1ccc(Cl)cc1N. The first-order valence-corrected chi connectivity index (χ1v) is 7.32. The van der Waals surface area contributed by atoms with E-state index in [0.29, 0.717) is 5.02 Å². The van der Waals surface area contributed by atoms with Crippen molar-refractivity contribution in [2.24, 2.45) is 5.92 Å². The van der Waals surface area contributed by atoms with E-state index in [4.69, 9.17) is 22.4 Å². The van der Waals surface area contributed by atoms with Gasteiger partial charge in [-0.3, -0.25) is 0 Å². The minimum atomic E-state index is -3.76. The number of anilines is 1. The summed E-state index contributed by atoms with van der Waals surface area (Å²) in [4.78, 5) is -0.0361. The molecule has 0 aliphatic rings. The third-order valence-electron chi connectivity index (χ3n) is 2.57. The number of aliphatic hydroxyl groups is 1. The number of nitrogen functional groups attached to an aromatic ring is 1. The average Bonchev–Trinajstić information content (AvgIpc) is 2.24. The summed E-state index contributed by atoms with van der Waals surface area (Å²) in [6.07, 6.45) is 0. The second-order valence-electron chi connectivity index (χ2n) is 4.34. The van der Waals surface area contributed by atoms with Crippen LogP contribution in [-0.2, 0) is 10.0 Å². The number of sulfonamides is 1. The Bertz CT molecular complexity index is 517. The van der Waals surface area contributed by atoms with Crippen molar-refractivity contribution in [2.75, 3.05) is 12.3 Å². The molecule has 4 N–H and O–H groups in total. The standard InChI is InChI=1S/C11H17ClN2O3S/c1-7(2)10(6-15)14-18(16,17)11-4-3-8(12)5-9(11)13/h3-5,7,10,14-15H,6,13H2,1-2H3. The molecule has 0 aromatic heterocycles. The van der Waals surface area contributed by atoms with Gasteiger partial charge in [0.25, 0.3) is 0 Å². The van der Waals surface area contributed by atoms with E-state index >= 15 is 0 Å². The van der Waals surface area contributed by atoms with Crippen molar-refractivity contribution in [2.45, 2.75) is 24.8 Å². The van der Waals surface area contributed by atoms with Gasteiger partial charge in [-0.25, -0.2) is 13.1 Å². The van der Waals surface area contributed by atoms with Crippen LogP contribution in [0.3, 0.4) is 0 Å². The number of benzene rings is 1. The third kappa shape index (κ3) is 3.58. The number of nitrogens with two attached hydrogens (primary N) is 1. The molecule has 0 aliphatic heterocycles. The van der Waals surface area contributed by atoms with Gasteiger partial charge in [-0.05, 0) is 24.1 Å². The van der Waals surface area contributed by atoms with Gasteiger partial charge in [0.05, 0.1) is 12.3 Å². The van der Waals surface area contributed by atoms with Gasteiger partial charge in [-0.15, -0.1) is 0 Å². The normalized spacial score (nSPS) is 13.8. The van der Waals surface area contributed by atoms with Crippen LogP contribution in [0.2, 0.25) is 5.02 Å². The first-order valence-electron chi connectivity index (χ1n) is 5.46. The smallest absolute Gasteiger partial charge is 0.242 e. The minimum Gasteiger partial charge on any atom is -0.398 e. The summed E-state index contributed by atoms with van der Waals surface area (Å²) in [7, 11) is -3.76. The van der Waals surface area contributed by atoms with Gasteiger partial charge in [0.2, 0.25) is 10.0 Å². The minimum absolute atomic E-state index is 0.0294. The summed E-state index contributed by atoms with van der Waals surface area (Å²) in [5, 5.41) is 9.51. The maximum atomic E-state index is 12.1. The number of rotatable bonds is 5. The van der Waals surface area contributed by atoms with Gasteiger partial charge in [0.1, 0.15) is 4.90 Å². The maximum absolute atomic E-state index is 12.1. The highest BCUT2D eigenvalue weighted by molar-refractivity contribution is 7.89. The fraction of sp³-hybridized carbons (Fsp3) is 0.455. The summed E-state index contributed by atoms with van der Waals surface area (Å²) in [6.45, 7) is 3.35. The van der Waals surface area contributed by atoms with Crippen LogP contribution in [0.4, 0.5) is 5.69 Å². The lowest BCUT2D eigenvalue weighted by Gasteiger charge is -2.20. The Morgan fingerprint density at radius 1 is 1.44 bits per heavy atom. The summed E-state index contributed by atoms with van der Waals surface area (Å²) >= 11 is 5.72. The van der Waals surface area contributed by atoms with Crippen LogP contribution >= 0.6 is 11.6 Å². The molecule has 0 amide bonds. The van der Waals surface area contributed by atoms with Gasteiger partial charge >= 0.3 is 0 Å². The molecule has 102 valence electrons. The molecule has 1 aromatic rings. The number of nitrogens with one attached hydrogen (secondary N) is 1. The Kier molecular flexibility index (Phi) is 4.98. The molecule has 0 fully saturated rings. The Morgan fingerprint density at radius 3 is 2.50 bits per heavy atom. The first-order chi connectivity index (χ1) is 8.27. The molecule has 1 aromatic carbocycles. The highest BCUT2D eigenvalue weighted by Crippen LogP contribution is 2.22. The van der Waals surface area contributed by atoms with Crippen molar-refractivity contribution in [3.63, 3.8) is 0 Å². The number of aliphatic hydroxyl groups excluding tert-OH is 1. The van der Waals surface area contributed by atoms with Crippen LogP contribution in [0.1, 0.15) is 13.8 Å². The summed E-state index contributed by atoms with van der Waals surface area (Å²) in [6, 6.07) is 3.62. The molecule has 0 saturated heterocycles. The van der Waals surface area contributed by atoms with Crippen LogP contribution in [0.25, 0.3) is 0 Å². The lowest BCUT2D eigenvalue weighted by molar-refractivity contribution is 0.227. The van der Waals surface area contributed by atoms with Crippen LogP contribution in [0.15, 0.2) is 23.1 Å². The molecule has 18 heavy (non-hydrogen) atoms. The number of hydrogen-bond donors (Lipinski definition) is 3. The number of halogens is 1. The lowest BCUT2D eigenvalue weighted by atomic mass is 10.1. The highest BCUT2D eigenvalue weighted by atomic mass is 35.5. The zero-order chi connectivity index (χ0) is 13.9. The van der Waals surface area contributed by atoms with Gasteiger partial charge in [-0.2, -0.15) is 0 Å². The van der Waals surface area contributed by atoms with Crippen LogP contribution in [-0.4, -0.2) is 26.2 Å². The zero-order valence-corrected chi connectivity index (χ0v) is 11.8. The largest absolute Gasteiger partial charge is 0.398 e. The molecule has 0 saturated carbocycles. The van der Waals surface area contributed by atoms with Gasteiger partial charge < -0.3 is 10.8 Å². The molecule has 0 aliphatic carbocycles. The third-order valence-corrected chi connectivity index (χ3v) is 4.37. The molecule has 1 unspecified atom stereocenters. The van der Waals surface area contributed by atoms with E-state index in [1.54, 1.807) is 0 Å². The lowest BCUT2D eigenvalue weighted by Crippen LogP contribution is -2.41. The fourth-order valence-corrected chi connectivity index (χ4v) is 3.08. The summed E-state index contributed by atoms with van der Waals surface area (Å²) < 4.78 is 26.6. The van der Waals surface area contributed by atoms with Gasteiger partial charge in [-0.1, -0.05) is 25.4 Å². The molecule has 0 heterocycles. The van der Waals surface area contributed by atoms with Crippen molar-refractivity contribution in [1.29, 1.82) is 0 Å². The molecular formula is C11H17ClN2O3S. The maximum Gasteiger partial charge on any atom is 0.242 e. The van der Waals surface area contributed by atoms with E-state index in [0.717, 1.165) is 0 Å². The molecule has 0 spiro atoms. The molecule has 0 bridgehead atoms. The van der Waals surface area contributed by atoms with E-state index in [2.05, 4.69) is 4.72 Å². The van der Waals surface area contributed by atoms with Gasteiger partial charge in [0.15, 0.2) is 0 Å². The highest BCUT2D eigenvalue weighted by Gasteiger charge is 2.23. The molecule has 7 heteroatoms. The molecular weight excluding hydrogens is 276 g/mol. The predicted molar refractivity (Wildman–Crippen MR) is 71.9 cm³/mol. The fourth-order valence-electron chi connectivity index (χ4n) is 1.41. The van der Waals surface area contributed by atoms with Crippen molar-refractivity contribution in [3.05, 3.63) is 23.2 Å². The van der Waals surface area contributed by atoms with E-state index < -0.39 is 16.1 Å². The van der Waals surface area contributed by atoms with Crippen LogP contribution < -0.4 is 10.5 Å². The Labute approximate surface area is 112 Å². The van der Waals surface area contributed by atoms with Crippen LogP contribution in [0, 0.1) is 5.92 Å². The first kappa shape index (κ1) is 15.2. The van der Waals surface area contributed by atoms with Crippen molar-refractivity contribution < 1.29 is 13.5 Å². The summed E-state index contributed by atoms with van der Waals surface area (Å²) in [5.41, 5.74) is 5.71. The van der Waals surface area contributed by atoms with Crippen LogP contribution in [0.5, 0.6) is 0 Å². The monoisotopic (exact) mass is 292 g/mol. The van der Waals surface area contributed by atoms with Crippen molar-refractivity contribution in [1.82, 2.24) is 4.72 Å². The Balaban J connectivity index is 3.06. The van der Waals surface area contributed by atoms with Gasteiger partial charge in [0, 0.05) is 11.1 Å². The quantitative estimate of drug-likeness (QED) is 0.712.